The fourth-order valence-corrected chi connectivity index (χ4v) is 4.90. The number of hydrogen-bond donors (Lipinski definition) is 0. The molecule has 0 aromatic rings. The predicted molar refractivity (Wildman–Crippen MR) is 85.2 cm³/mol. The van der Waals surface area contributed by atoms with Gasteiger partial charge in [-0.05, 0) is 81.0 Å². The second-order valence-corrected chi connectivity index (χ2v) is 7.16. The lowest BCUT2D eigenvalue weighted by molar-refractivity contribution is 0.128. The summed E-state index contributed by atoms with van der Waals surface area (Å²) in [5, 5.41) is 0. The van der Waals surface area contributed by atoms with E-state index in [0.717, 1.165) is 29.6 Å². The van der Waals surface area contributed by atoms with Gasteiger partial charge in [-0.2, -0.15) is 0 Å². The van der Waals surface area contributed by atoms with Crippen molar-refractivity contribution >= 4 is 0 Å². The van der Waals surface area contributed by atoms with Crippen LogP contribution in [0.5, 0.6) is 0 Å². The maximum Gasteiger partial charge on any atom is -0.0236 e. The number of hydrogen-bond acceptors (Lipinski definition) is 0. The van der Waals surface area contributed by atoms with Crippen LogP contribution in [0.3, 0.4) is 0 Å². The summed E-state index contributed by atoms with van der Waals surface area (Å²) in [4.78, 5) is 0. The Morgan fingerprint density at radius 3 is 1.74 bits per heavy atom. The van der Waals surface area contributed by atoms with Crippen molar-refractivity contribution < 1.29 is 0 Å². The SMILES string of the molecule is C=CC1CCC(C2CCC(C(CC)CC)CC2)CC1. The molecule has 0 amide bonds. The minimum atomic E-state index is 0.831. The van der Waals surface area contributed by atoms with Gasteiger partial charge in [0.05, 0.1) is 0 Å². The van der Waals surface area contributed by atoms with Crippen LogP contribution in [0, 0.1) is 29.6 Å². The Morgan fingerprint density at radius 2 is 1.32 bits per heavy atom. The highest BCUT2D eigenvalue weighted by molar-refractivity contribution is 4.88. The molecule has 0 atom stereocenters. The zero-order chi connectivity index (χ0) is 13.7. The van der Waals surface area contributed by atoms with E-state index in [2.05, 4.69) is 26.5 Å². The zero-order valence-electron chi connectivity index (χ0n) is 13.2. The minimum absolute atomic E-state index is 0.831. The summed E-state index contributed by atoms with van der Waals surface area (Å²) >= 11 is 0. The molecule has 2 saturated carbocycles. The molecule has 0 heteroatoms. The first-order valence-electron chi connectivity index (χ1n) is 8.90. The third-order valence-corrected chi connectivity index (χ3v) is 6.35. The zero-order valence-corrected chi connectivity index (χ0v) is 13.2. The summed E-state index contributed by atoms with van der Waals surface area (Å²) in [6.45, 7) is 8.74. The molecule has 0 saturated heterocycles. The maximum atomic E-state index is 3.97. The standard InChI is InChI=1S/C19H34/c1-4-15-7-9-18(10-8-15)19-13-11-17(12-14-19)16(5-2)6-3/h4,15-19H,1,5-14H2,2-3H3. The molecular weight excluding hydrogens is 228 g/mol. The van der Waals surface area contributed by atoms with Crippen molar-refractivity contribution in [2.24, 2.45) is 29.6 Å². The number of rotatable bonds is 5. The Hall–Kier alpha value is -0.260. The van der Waals surface area contributed by atoms with Crippen LogP contribution in [0.4, 0.5) is 0 Å². The Bertz CT molecular complexity index is 247. The third kappa shape index (κ3) is 3.86. The molecule has 2 rings (SSSR count). The Kier molecular flexibility index (Phi) is 5.98. The summed E-state index contributed by atoms with van der Waals surface area (Å²) in [7, 11) is 0. The van der Waals surface area contributed by atoms with E-state index in [0.29, 0.717) is 0 Å². The quantitative estimate of drug-likeness (QED) is 0.516. The average molecular weight is 262 g/mol. The largest absolute Gasteiger partial charge is 0.103 e. The van der Waals surface area contributed by atoms with Crippen LogP contribution >= 0.6 is 0 Å². The van der Waals surface area contributed by atoms with Crippen LogP contribution in [0.25, 0.3) is 0 Å². The molecule has 2 aliphatic rings. The highest BCUT2D eigenvalue weighted by Gasteiger charge is 2.31. The van der Waals surface area contributed by atoms with E-state index in [1.807, 2.05) is 0 Å². The van der Waals surface area contributed by atoms with Gasteiger partial charge in [0.25, 0.3) is 0 Å². The van der Waals surface area contributed by atoms with E-state index >= 15 is 0 Å². The summed E-state index contributed by atoms with van der Waals surface area (Å²) in [6, 6.07) is 0. The predicted octanol–water partition coefficient (Wildman–Crippen LogP) is 6.22. The van der Waals surface area contributed by atoms with E-state index in [-0.39, 0.29) is 0 Å². The molecule has 19 heavy (non-hydrogen) atoms. The molecule has 0 N–H and O–H groups in total. The van der Waals surface area contributed by atoms with Gasteiger partial charge in [0.1, 0.15) is 0 Å². The van der Waals surface area contributed by atoms with E-state index in [1.54, 1.807) is 0 Å². The molecule has 0 aromatic carbocycles. The minimum Gasteiger partial charge on any atom is -0.103 e. The van der Waals surface area contributed by atoms with Gasteiger partial charge in [-0.15, -0.1) is 6.58 Å². The molecule has 110 valence electrons. The van der Waals surface area contributed by atoms with Gasteiger partial charge in [0.15, 0.2) is 0 Å². The van der Waals surface area contributed by atoms with Gasteiger partial charge in [-0.1, -0.05) is 32.8 Å². The van der Waals surface area contributed by atoms with E-state index in [1.165, 1.54) is 64.2 Å². The van der Waals surface area contributed by atoms with Crippen LogP contribution < -0.4 is 0 Å². The monoisotopic (exact) mass is 262 g/mol. The fourth-order valence-electron chi connectivity index (χ4n) is 4.90. The van der Waals surface area contributed by atoms with Crippen LogP contribution in [-0.4, -0.2) is 0 Å². The van der Waals surface area contributed by atoms with Crippen molar-refractivity contribution in [2.45, 2.75) is 78.1 Å². The molecule has 0 unspecified atom stereocenters. The molecule has 2 fully saturated rings. The van der Waals surface area contributed by atoms with Gasteiger partial charge in [0, 0.05) is 0 Å². The number of allylic oxidation sites excluding steroid dienone is 1. The van der Waals surface area contributed by atoms with Gasteiger partial charge in [0.2, 0.25) is 0 Å². The summed E-state index contributed by atoms with van der Waals surface area (Å²) in [6.07, 6.45) is 16.9. The van der Waals surface area contributed by atoms with Crippen molar-refractivity contribution in [3.05, 3.63) is 12.7 Å². The lowest BCUT2D eigenvalue weighted by Crippen LogP contribution is -2.27. The topological polar surface area (TPSA) is 0 Å². The molecule has 2 aliphatic carbocycles. The first-order chi connectivity index (χ1) is 9.28. The van der Waals surface area contributed by atoms with Crippen LogP contribution in [0.2, 0.25) is 0 Å². The van der Waals surface area contributed by atoms with Crippen LogP contribution in [-0.2, 0) is 0 Å². The lowest BCUT2D eigenvalue weighted by Gasteiger charge is -2.39. The molecule has 0 nitrogen and oxygen atoms in total. The summed E-state index contributed by atoms with van der Waals surface area (Å²) in [5.41, 5.74) is 0. The molecule has 0 aliphatic heterocycles. The van der Waals surface area contributed by atoms with Crippen LogP contribution in [0.1, 0.15) is 78.1 Å². The second-order valence-electron chi connectivity index (χ2n) is 7.16. The second kappa shape index (κ2) is 7.50. The first kappa shape index (κ1) is 15.1. The Balaban J connectivity index is 1.76. The summed E-state index contributed by atoms with van der Waals surface area (Å²) < 4.78 is 0. The van der Waals surface area contributed by atoms with E-state index in [9.17, 15) is 0 Å². The van der Waals surface area contributed by atoms with Crippen molar-refractivity contribution in [1.29, 1.82) is 0 Å². The van der Waals surface area contributed by atoms with Crippen LogP contribution in [0.15, 0.2) is 12.7 Å². The highest BCUT2D eigenvalue weighted by atomic mass is 14.4. The van der Waals surface area contributed by atoms with Gasteiger partial charge >= 0.3 is 0 Å². The maximum absolute atomic E-state index is 3.97. The molecule has 0 spiro atoms. The Labute approximate surface area is 121 Å². The smallest absolute Gasteiger partial charge is 0.0236 e. The fraction of sp³-hybridized carbons (Fsp3) is 0.895. The highest BCUT2D eigenvalue weighted by Crippen LogP contribution is 2.43. The van der Waals surface area contributed by atoms with Crippen molar-refractivity contribution in [1.82, 2.24) is 0 Å². The average Bonchev–Trinajstić information content (AvgIpc) is 2.49. The molecule has 0 bridgehead atoms. The van der Waals surface area contributed by atoms with E-state index < -0.39 is 0 Å². The van der Waals surface area contributed by atoms with Crippen molar-refractivity contribution in [3.63, 3.8) is 0 Å². The molecular formula is C19H34. The first-order valence-corrected chi connectivity index (χ1v) is 8.90. The van der Waals surface area contributed by atoms with Gasteiger partial charge in [-0.25, -0.2) is 0 Å². The Morgan fingerprint density at radius 1 is 0.842 bits per heavy atom. The molecule has 0 aromatic heterocycles. The summed E-state index contributed by atoms with van der Waals surface area (Å²) in [5.74, 6) is 5.01. The lowest BCUT2D eigenvalue weighted by atomic mass is 9.67. The molecule has 0 heterocycles. The van der Waals surface area contributed by atoms with Gasteiger partial charge in [-0.3, -0.25) is 0 Å². The normalized spacial score (nSPS) is 36.4. The molecule has 0 radical (unpaired) electrons. The third-order valence-electron chi connectivity index (χ3n) is 6.35. The van der Waals surface area contributed by atoms with Crippen molar-refractivity contribution in [2.75, 3.05) is 0 Å². The van der Waals surface area contributed by atoms with E-state index in [4.69, 9.17) is 0 Å². The van der Waals surface area contributed by atoms with Gasteiger partial charge < -0.3 is 0 Å². The van der Waals surface area contributed by atoms with Crippen molar-refractivity contribution in [3.8, 4) is 0 Å².